The molecule has 0 saturated carbocycles. The van der Waals surface area contributed by atoms with Gasteiger partial charge in [0.25, 0.3) is 5.69 Å². The van der Waals surface area contributed by atoms with Crippen LogP contribution < -0.4 is 5.32 Å². The second-order valence-corrected chi connectivity index (χ2v) is 5.99. The SMILES string of the molecule is N#Cc1cc(NC2CCN(CC(F)(F)F)C2=O)nc2ccc([N+](=O)[O-])cc12. The van der Waals surface area contributed by atoms with Gasteiger partial charge in [-0.05, 0) is 18.6 Å². The minimum Gasteiger partial charge on any atom is -0.358 e. The first-order valence-corrected chi connectivity index (χ1v) is 7.79. The van der Waals surface area contributed by atoms with E-state index in [0.717, 1.165) is 0 Å². The molecule has 2 heterocycles. The molecule has 1 aromatic carbocycles. The zero-order valence-corrected chi connectivity index (χ0v) is 13.7. The lowest BCUT2D eigenvalue weighted by molar-refractivity contribution is -0.384. The minimum atomic E-state index is -4.48. The van der Waals surface area contributed by atoms with Gasteiger partial charge in [0.15, 0.2) is 0 Å². The first-order chi connectivity index (χ1) is 12.7. The fourth-order valence-electron chi connectivity index (χ4n) is 2.92. The lowest BCUT2D eigenvalue weighted by Crippen LogP contribution is -2.39. The van der Waals surface area contributed by atoms with Gasteiger partial charge in [-0.15, -0.1) is 0 Å². The number of hydrogen-bond acceptors (Lipinski definition) is 6. The number of nitriles is 1. The van der Waals surface area contributed by atoms with Gasteiger partial charge in [-0.1, -0.05) is 0 Å². The van der Waals surface area contributed by atoms with Crippen LogP contribution in [0.4, 0.5) is 24.7 Å². The van der Waals surface area contributed by atoms with Crippen LogP contribution in [0.15, 0.2) is 24.3 Å². The third-order valence-electron chi connectivity index (χ3n) is 4.11. The summed E-state index contributed by atoms with van der Waals surface area (Å²) in [6, 6.07) is 6.14. The first-order valence-electron chi connectivity index (χ1n) is 7.79. The number of fused-ring (bicyclic) bond motifs is 1. The number of alkyl halides is 3. The third-order valence-corrected chi connectivity index (χ3v) is 4.11. The normalized spacial score (nSPS) is 17.2. The number of nitro groups is 1. The van der Waals surface area contributed by atoms with Crippen LogP contribution in [0.2, 0.25) is 0 Å². The Labute approximate surface area is 150 Å². The summed E-state index contributed by atoms with van der Waals surface area (Å²) in [6.07, 6.45) is -4.31. The number of pyridine rings is 1. The van der Waals surface area contributed by atoms with Crippen molar-refractivity contribution < 1.29 is 22.9 Å². The van der Waals surface area contributed by atoms with Gasteiger partial charge < -0.3 is 10.2 Å². The number of benzene rings is 1. The van der Waals surface area contributed by atoms with Gasteiger partial charge in [0.1, 0.15) is 18.4 Å². The average Bonchev–Trinajstić information content (AvgIpc) is 2.92. The van der Waals surface area contributed by atoms with E-state index < -0.39 is 29.6 Å². The maximum atomic E-state index is 12.5. The van der Waals surface area contributed by atoms with E-state index in [1.54, 1.807) is 0 Å². The number of rotatable bonds is 4. The monoisotopic (exact) mass is 379 g/mol. The van der Waals surface area contributed by atoms with Crippen LogP contribution >= 0.6 is 0 Å². The van der Waals surface area contributed by atoms with Crippen LogP contribution in [-0.4, -0.2) is 46.0 Å². The molecule has 0 radical (unpaired) electrons. The van der Waals surface area contributed by atoms with E-state index in [4.69, 9.17) is 0 Å². The van der Waals surface area contributed by atoms with Crippen LogP contribution in [-0.2, 0) is 4.79 Å². The van der Waals surface area contributed by atoms with Crippen molar-refractivity contribution in [3.8, 4) is 6.07 Å². The molecule has 1 aromatic heterocycles. The van der Waals surface area contributed by atoms with E-state index >= 15 is 0 Å². The molecule has 8 nitrogen and oxygen atoms in total. The van der Waals surface area contributed by atoms with Crippen molar-refractivity contribution in [3.63, 3.8) is 0 Å². The fraction of sp³-hybridized carbons (Fsp3) is 0.312. The summed E-state index contributed by atoms with van der Waals surface area (Å²) in [5.74, 6) is -0.559. The molecule has 1 atom stereocenters. The Hall–Kier alpha value is -3.42. The van der Waals surface area contributed by atoms with Gasteiger partial charge in [-0.25, -0.2) is 4.98 Å². The van der Waals surface area contributed by atoms with Crippen molar-refractivity contribution in [1.82, 2.24) is 9.88 Å². The Bertz CT molecular complexity index is 970. The lowest BCUT2D eigenvalue weighted by Gasteiger charge is -2.19. The molecule has 1 fully saturated rings. The van der Waals surface area contributed by atoms with Crippen molar-refractivity contribution in [1.29, 1.82) is 5.26 Å². The zero-order valence-electron chi connectivity index (χ0n) is 13.7. The molecule has 1 aliphatic heterocycles. The number of likely N-dealkylation sites (tertiary alicyclic amines) is 1. The summed E-state index contributed by atoms with van der Waals surface area (Å²) in [6.45, 7) is -1.36. The highest BCUT2D eigenvalue weighted by molar-refractivity contribution is 5.90. The van der Waals surface area contributed by atoms with E-state index in [1.165, 1.54) is 24.3 Å². The number of anilines is 1. The van der Waals surface area contributed by atoms with Gasteiger partial charge in [0, 0.05) is 24.1 Å². The standard InChI is InChI=1S/C16H12F3N5O3/c17-16(18,19)8-23-4-3-13(15(23)25)22-14-5-9(7-20)11-6-10(24(26)27)1-2-12(11)21-14/h1-2,5-6,13H,3-4,8H2,(H,21,22). The number of aromatic nitrogens is 1. The molecule has 0 bridgehead atoms. The summed E-state index contributed by atoms with van der Waals surface area (Å²) in [5, 5.41) is 23.2. The molecule has 3 rings (SSSR count). The highest BCUT2D eigenvalue weighted by atomic mass is 19.4. The highest BCUT2D eigenvalue weighted by Crippen LogP contribution is 2.27. The largest absolute Gasteiger partial charge is 0.406 e. The first kappa shape index (κ1) is 18.4. The Kier molecular flexibility index (Phi) is 4.57. The number of nitrogens with zero attached hydrogens (tertiary/aromatic N) is 4. The molecule has 1 amide bonds. The van der Waals surface area contributed by atoms with Crippen LogP contribution in [0, 0.1) is 21.4 Å². The van der Waals surface area contributed by atoms with Gasteiger partial charge in [-0.3, -0.25) is 14.9 Å². The van der Waals surface area contributed by atoms with E-state index in [9.17, 15) is 33.3 Å². The predicted molar refractivity (Wildman–Crippen MR) is 87.8 cm³/mol. The van der Waals surface area contributed by atoms with Gasteiger partial charge in [0.05, 0.1) is 22.1 Å². The molecule has 1 aliphatic rings. The second kappa shape index (κ2) is 6.71. The average molecular weight is 379 g/mol. The maximum Gasteiger partial charge on any atom is 0.406 e. The Balaban J connectivity index is 1.86. The lowest BCUT2D eigenvalue weighted by atomic mass is 10.1. The number of hydrogen-bond donors (Lipinski definition) is 1. The molecule has 2 aromatic rings. The molecule has 0 spiro atoms. The second-order valence-electron chi connectivity index (χ2n) is 5.99. The zero-order chi connectivity index (χ0) is 19.8. The van der Waals surface area contributed by atoms with Crippen molar-refractivity contribution >= 4 is 28.3 Å². The summed E-state index contributed by atoms with van der Waals surface area (Å²) in [4.78, 5) is 27.3. The topological polar surface area (TPSA) is 112 Å². The number of carbonyl (C=O) groups excluding carboxylic acids is 1. The van der Waals surface area contributed by atoms with Crippen molar-refractivity contribution in [2.45, 2.75) is 18.6 Å². The van der Waals surface area contributed by atoms with Gasteiger partial charge >= 0.3 is 6.18 Å². The quantitative estimate of drug-likeness (QED) is 0.645. The van der Waals surface area contributed by atoms with E-state index in [2.05, 4.69) is 10.3 Å². The van der Waals surface area contributed by atoms with Gasteiger partial charge in [0.2, 0.25) is 5.91 Å². The number of nitro benzene ring substituents is 1. The smallest absolute Gasteiger partial charge is 0.358 e. The molecule has 1 saturated heterocycles. The molecule has 1 N–H and O–H groups in total. The Morgan fingerprint density at radius 2 is 2.15 bits per heavy atom. The molecule has 0 aliphatic carbocycles. The Morgan fingerprint density at radius 3 is 2.78 bits per heavy atom. The summed E-state index contributed by atoms with van der Waals surface area (Å²) in [5.41, 5.74) is 0.193. The summed E-state index contributed by atoms with van der Waals surface area (Å²) >= 11 is 0. The highest BCUT2D eigenvalue weighted by Gasteiger charge is 2.39. The van der Waals surface area contributed by atoms with E-state index in [1.807, 2.05) is 6.07 Å². The fourth-order valence-corrected chi connectivity index (χ4v) is 2.92. The maximum absolute atomic E-state index is 12.5. The molecular formula is C16H12F3N5O3. The van der Waals surface area contributed by atoms with E-state index in [0.29, 0.717) is 10.4 Å². The van der Waals surface area contributed by atoms with Crippen molar-refractivity contribution in [2.75, 3.05) is 18.4 Å². The van der Waals surface area contributed by atoms with Gasteiger partial charge in [-0.2, -0.15) is 18.4 Å². The number of nitrogens with one attached hydrogen (secondary N) is 1. The van der Waals surface area contributed by atoms with Crippen molar-refractivity contribution in [3.05, 3.63) is 39.9 Å². The molecule has 1 unspecified atom stereocenters. The summed E-state index contributed by atoms with van der Waals surface area (Å²) < 4.78 is 37.5. The predicted octanol–water partition coefficient (Wildman–Crippen LogP) is 2.59. The molecule has 27 heavy (non-hydrogen) atoms. The molecular weight excluding hydrogens is 367 g/mol. The molecule has 140 valence electrons. The number of non-ortho nitro benzene ring substituents is 1. The molecule has 11 heteroatoms. The Morgan fingerprint density at radius 1 is 1.41 bits per heavy atom. The van der Waals surface area contributed by atoms with Crippen molar-refractivity contribution in [2.24, 2.45) is 0 Å². The number of carbonyl (C=O) groups is 1. The van der Waals surface area contributed by atoms with E-state index in [-0.39, 0.29) is 35.4 Å². The third kappa shape index (κ3) is 3.89. The summed E-state index contributed by atoms with van der Waals surface area (Å²) in [7, 11) is 0. The van der Waals surface area contributed by atoms with Crippen LogP contribution in [0.25, 0.3) is 10.9 Å². The van der Waals surface area contributed by atoms with Crippen LogP contribution in [0.1, 0.15) is 12.0 Å². The van der Waals surface area contributed by atoms with Crippen LogP contribution in [0.3, 0.4) is 0 Å². The minimum absolute atomic E-state index is 0.0408. The number of amides is 1. The van der Waals surface area contributed by atoms with Crippen LogP contribution in [0.5, 0.6) is 0 Å². The number of halogens is 3.